The van der Waals surface area contributed by atoms with Crippen molar-refractivity contribution in [3.05, 3.63) is 66.0 Å². The topological polar surface area (TPSA) is 61.0 Å². The van der Waals surface area contributed by atoms with Gasteiger partial charge in [-0.2, -0.15) is 0 Å². The molecule has 100 valence electrons. The number of nitrogens with zero attached hydrogens (tertiary/aromatic N) is 2. The van der Waals surface area contributed by atoms with E-state index in [2.05, 4.69) is 9.97 Å². The van der Waals surface area contributed by atoms with Gasteiger partial charge in [0, 0.05) is 0 Å². The van der Waals surface area contributed by atoms with Crippen LogP contribution in [0.25, 0.3) is 11.0 Å². The van der Waals surface area contributed by atoms with E-state index in [1.54, 1.807) is 13.3 Å². The summed E-state index contributed by atoms with van der Waals surface area (Å²) in [5.41, 5.74) is 9.69. The van der Waals surface area contributed by atoms with E-state index in [1.165, 1.54) is 0 Å². The maximum atomic E-state index is 6.27. The summed E-state index contributed by atoms with van der Waals surface area (Å²) in [6.45, 7) is 0. The molecule has 20 heavy (non-hydrogen) atoms. The van der Waals surface area contributed by atoms with Crippen LogP contribution in [0.1, 0.15) is 17.3 Å². The molecule has 0 bridgehead atoms. The SMILES string of the molecule is COc1cccc(C(N)c2cnc3ccccc3n2)c1. The number of fused-ring (bicyclic) bond motifs is 1. The summed E-state index contributed by atoms with van der Waals surface area (Å²) in [6, 6.07) is 15.1. The van der Waals surface area contributed by atoms with Gasteiger partial charge in [0.2, 0.25) is 0 Å². The zero-order valence-corrected chi connectivity index (χ0v) is 11.2. The molecule has 2 N–H and O–H groups in total. The Morgan fingerprint density at radius 3 is 2.65 bits per heavy atom. The third-order valence-corrected chi connectivity index (χ3v) is 3.24. The molecule has 0 saturated carbocycles. The van der Waals surface area contributed by atoms with E-state index >= 15 is 0 Å². The molecule has 0 radical (unpaired) electrons. The summed E-state index contributed by atoms with van der Waals surface area (Å²) < 4.78 is 5.22. The van der Waals surface area contributed by atoms with Crippen molar-refractivity contribution in [3.8, 4) is 5.75 Å². The van der Waals surface area contributed by atoms with Gasteiger partial charge in [0.15, 0.2) is 0 Å². The summed E-state index contributed by atoms with van der Waals surface area (Å²) in [5.74, 6) is 0.784. The number of methoxy groups -OCH3 is 1. The third-order valence-electron chi connectivity index (χ3n) is 3.24. The molecule has 0 fully saturated rings. The average molecular weight is 265 g/mol. The average Bonchev–Trinajstić information content (AvgIpc) is 2.53. The minimum atomic E-state index is -0.317. The Balaban J connectivity index is 2.00. The molecular weight excluding hydrogens is 250 g/mol. The molecule has 4 nitrogen and oxygen atoms in total. The Hall–Kier alpha value is -2.46. The largest absolute Gasteiger partial charge is 0.497 e. The molecule has 3 rings (SSSR count). The molecule has 3 aromatic rings. The Morgan fingerprint density at radius 1 is 1.05 bits per heavy atom. The fourth-order valence-electron chi connectivity index (χ4n) is 2.13. The minimum Gasteiger partial charge on any atom is -0.497 e. The van der Waals surface area contributed by atoms with Crippen molar-refractivity contribution in [3.63, 3.8) is 0 Å². The second-order valence-electron chi connectivity index (χ2n) is 4.54. The number of nitrogens with two attached hydrogens (primary N) is 1. The van der Waals surface area contributed by atoms with E-state index in [1.807, 2.05) is 48.5 Å². The second kappa shape index (κ2) is 5.27. The summed E-state index contributed by atoms with van der Waals surface area (Å²) in [6.07, 6.45) is 1.73. The minimum absolute atomic E-state index is 0.317. The molecule has 0 saturated heterocycles. The first kappa shape index (κ1) is 12.6. The monoisotopic (exact) mass is 265 g/mol. The maximum Gasteiger partial charge on any atom is 0.119 e. The zero-order valence-electron chi connectivity index (χ0n) is 11.2. The van der Waals surface area contributed by atoms with Gasteiger partial charge >= 0.3 is 0 Å². The molecular formula is C16H15N3O. The molecule has 1 heterocycles. The van der Waals surface area contributed by atoms with Gasteiger partial charge in [-0.05, 0) is 29.8 Å². The second-order valence-corrected chi connectivity index (χ2v) is 4.54. The molecule has 0 spiro atoms. The Bertz CT molecular complexity index is 742. The van der Waals surface area contributed by atoms with Crippen molar-refractivity contribution in [1.29, 1.82) is 0 Å². The summed E-state index contributed by atoms with van der Waals surface area (Å²) in [5, 5.41) is 0. The van der Waals surface area contributed by atoms with Crippen molar-refractivity contribution in [1.82, 2.24) is 9.97 Å². The Kier molecular flexibility index (Phi) is 3.31. The zero-order chi connectivity index (χ0) is 13.9. The molecule has 0 amide bonds. The van der Waals surface area contributed by atoms with Crippen LogP contribution in [0.5, 0.6) is 5.75 Å². The van der Waals surface area contributed by atoms with Gasteiger partial charge in [-0.25, -0.2) is 4.98 Å². The first-order chi connectivity index (χ1) is 9.78. The maximum absolute atomic E-state index is 6.27. The lowest BCUT2D eigenvalue weighted by Gasteiger charge is -2.12. The number of para-hydroxylation sites is 2. The van der Waals surface area contributed by atoms with Gasteiger partial charge in [0.25, 0.3) is 0 Å². The summed E-state index contributed by atoms with van der Waals surface area (Å²) in [7, 11) is 1.64. The van der Waals surface area contributed by atoms with Gasteiger partial charge in [-0.3, -0.25) is 4.98 Å². The number of rotatable bonds is 3. The molecule has 0 aliphatic rings. The van der Waals surface area contributed by atoms with Crippen molar-refractivity contribution >= 4 is 11.0 Å². The van der Waals surface area contributed by atoms with Gasteiger partial charge < -0.3 is 10.5 Å². The molecule has 2 aromatic carbocycles. The van der Waals surface area contributed by atoms with E-state index < -0.39 is 0 Å². The van der Waals surface area contributed by atoms with Crippen LogP contribution in [0.4, 0.5) is 0 Å². The molecule has 0 aliphatic heterocycles. The standard InChI is InChI=1S/C16H15N3O/c1-20-12-6-4-5-11(9-12)16(17)15-10-18-13-7-2-3-8-14(13)19-15/h2-10,16H,17H2,1H3. The first-order valence-corrected chi connectivity index (χ1v) is 6.39. The van der Waals surface area contributed by atoms with Gasteiger partial charge in [0.05, 0.1) is 36.1 Å². The predicted molar refractivity (Wildman–Crippen MR) is 78.6 cm³/mol. The molecule has 1 atom stereocenters. The van der Waals surface area contributed by atoms with Crippen LogP contribution in [-0.4, -0.2) is 17.1 Å². The lowest BCUT2D eigenvalue weighted by molar-refractivity contribution is 0.414. The van der Waals surface area contributed by atoms with Gasteiger partial charge in [-0.1, -0.05) is 24.3 Å². The van der Waals surface area contributed by atoms with E-state index in [0.717, 1.165) is 28.0 Å². The predicted octanol–water partition coefficient (Wildman–Crippen LogP) is 2.69. The highest BCUT2D eigenvalue weighted by molar-refractivity contribution is 5.73. The quantitative estimate of drug-likeness (QED) is 0.791. The number of aromatic nitrogens is 2. The number of hydrogen-bond donors (Lipinski definition) is 1. The van der Waals surface area contributed by atoms with Crippen LogP contribution < -0.4 is 10.5 Å². The molecule has 0 aliphatic carbocycles. The number of ether oxygens (including phenoxy) is 1. The lowest BCUT2D eigenvalue weighted by atomic mass is 10.0. The van der Waals surface area contributed by atoms with Crippen molar-refractivity contribution in [2.45, 2.75) is 6.04 Å². The third kappa shape index (κ3) is 2.33. The van der Waals surface area contributed by atoms with E-state index in [-0.39, 0.29) is 6.04 Å². The Labute approximate surface area is 117 Å². The van der Waals surface area contributed by atoms with Crippen LogP contribution in [0, 0.1) is 0 Å². The Morgan fingerprint density at radius 2 is 1.85 bits per heavy atom. The lowest BCUT2D eigenvalue weighted by Crippen LogP contribution is -2.14. The fourth-order valence-corrected chi connectivity index (χ4v) is 2.13. The van der Waals surface area contributed by atoms with E-state index in [4.69, 9.17) is 10.5 Å². The smallest absolute Gasteiger partial charge is 0.119 e. The highest BCUT2D eigenvalue weighted by atomic mass is 16.5. The van der Waals surface area contributed by atoms with Crippen LogP contribution in [-0.2, 0) is 0 Å². The van der Waals surface area contributed by atoms with Crippen LogP contribution in [0.15, 0.2) is 54.7 Å². The molecule has 1 unspecified atom stereocenters. The van der Waals surface area contributed by atoms with Crippen LogP contribution in [0.2, 0.25) is 0 Å². The van der Waals surface area contributed by atoms with E-state index in [0.29, 0.717) is 0 Å². The normalized spacial score (nSPS) is 12.3. The number of benzene rings is 2. The summed E-state index contributed by atoms with van der Waals surface area (Å²) in [4.78, 5) is 8.98. The molecule has 4 heteroatoms. The highest BCUT2D eigenvalue weighted by Crippen LogP contribution is 2.22. The van der Waals surface area contributed by atoms with E-state index in [9.17, 15) is 0 Å². The van der Waals surface area contributed by atoms with Crippen molar-refractivity contribution in [2.24, 2.45) is 5.73 Å². The fraction of sp³-hybridized carbons (Fsp3) is 0.125. The summed E-state index contributed by atoms with van der Waals surface area (Å²) >= 11 is 0. The highest BCUT2D eigenvalue weighted by Gasteiger charge is 2.12. The van der Waals surface area contributed by atoms with Gasteiger partial charge in [0.1, 0.15) is 5.75 Å². The van der Waals surface area contributed by atoms with Crippen LogP contribution >= 0.6 is 0 Å². The number of hydrogen-bond acceptors (Lipinski definition) is 4. The van der Waals surface area contributed by atoms with Gasteiger partial charge in [-0.15, -0.1) is 0 Å². The van der Waals surface area contributed by atoms with Crippen LogP contribution in [0.3, 0.4) is 0 Å². The molecule has 1 aromatic heterocycles. The first-order valence-electron chi connectivity index (χ1n) is 6.39. The van der Waals surface area contributed by atoms with Crippen molar-refractivity contribution < 1.29 is 4.74 Å². The van der Waals surface area contributed by atoms with Crippen molar-refractivity contribution in [2.75, 3.05) is 7.11 Å².